The molecule has 3 aliphatic rings. The predicted octanol–water partition coefficient (Wildman–Crippen LogP) is 3.33. The summed E-state index contributed by atoms with van der Waals surface area (Å²) in [4.78, 5) is 44.9. The minimum atomic E-state index is -1.24. The normalized spacial score (nSPS) is 27.6. The molecular weight excluding hydrogens is 446 g/mol. The van der Waals surface area contributed by atoms with Gasteiger partial charge in [-0.2, -0.15) is 11.8 Å². The Balaban J connectivity index is 1.61. The van der Waals surface area contributed by atoms with Crippen molar-refractivity contribution in [2.45, 2.75) is 31.5 Å². The van der Waals surface area contributed by atoms with Crippen molar-refractivity contribution in [1.29, 1.82) is 0 Å². The zero-order valence-electron chi connectivity index (χ0n) is 19.5. The summed E-state index contributed by atoms with van der Waals surface area (Å²) >= 11 is 1.70. The van der Waals surface area contributed by atoms with Crippen LogP contribution in [0, 0.1) is 11.8 Å². The van der Waals surface area contributed by atoms with E-state index < -0.39 is 17.4 Å². The number of anilines is 1. The van der Waals surface area contributed by atoms with E-state index in [0.717, 1.165) is 28.1 Å². The Bertz CT molecular complexity index is 1170. The van der Waals surface area contributed by atoms with E-state index in [4.69, 9.17) is 0 Å². The lowest BCUT2D eigenvalue weighted by Crippen LogP contribution is -2.55. The maximum Gasteiger partial charge on any atom is 0.253 e. The number of carbonyl (C=O) groups excluding carboxylic acids is 3. The van der Waals surface area contributed by atoms with Crippen molar-refractivity contribution < 1.29 is 14.4 Å². The molecule has 2 saturated heterocycles. The van der Waals surface area contributed by atoms with Crippen molar-refractivity contribution in [3.63, 3.8) is 0 Å². The molecule has 3 amide bonds. The first-order valence-corrected chi connectivity index (χ1v) is 13.0. The molecule has 34 heavy (non-hydrogen) atoms. The van der Waals surface area contributed by atoms with Gasteiger partial charge >= 0.3 is 0 Å². The molecule has 0 aliphatic carbocycles. The Kier molecular flexibility index (Phi) is 5.86. The third kappa shape index (κ3) is 3.33. The van der Waals surface area contributed by atoms with Crippen LogP contribution in [0.15, 0.2) is 66.7 Å². The van der Waals surface area contributed by atoms with Crippen molar-refractivity contribution in [3.05, 3.63) is 77.9 Å². The molecule has 6 nitrogen and oxygen atoms in total. The molecule has 0 bridgehead atoms. The fraction of sp³-hybridized carbons (Fsp3) is 0.370. The maximum atomic E-state index is 14.1. The summed E-state index contributed by atoms with van der Waals surface area (Å²) < 4.78 is 0. The minimum absolute atomic E-state index is 0.166. The number of benzene rings is 2. The molecule has 2 aromatic carbocycles. The summed E-state index contributed by atoms with van der Waals surface area (Å²) in [6.07, 6.45) is 2.73. The van der Waals surface area contributed by atoms with Gasteiger partial charge in [-0.15, -0.1) is 0 Å². The zero-order valence-corrected chi connectivity index (χ0v) is 20.3. The van der Waals surface area contributed by atoms with Crippen molar-refractivity contribution in [3.8, 4) is 0 Å². The number of carbonyl (C=O) groups is 3. The molecule has 0 saturated carbocycles. The van der Waals surface area contributed by atoms with Crippen molar-refractivity contribution in [2.75, 3.05) is 23.5 Å². The van der Waals surface area contributed by atoms with E-state index in [0.29, 0.717) is 13.0 Å². The fourth-order valence-electron chi connectivity index (χ4n) is 5.85. The fourth-order valence-corrected chi connectivity index (χ4v) is 6.34. The molecular formula is C27H29N3O3S. The summed E-state index contributed by atoms with van der Waals surface area (Å²) in [6, 6.07) is 16.9. The molecule has 4 atom stereocenters. The number of rotatable bonds is 7. The summed E-state index contributed by atoms with van der Waals surface area (Å²) in [7, 11) is 0. The van der Waals surface area contributed by atoms with Gasteiger partial charge in [-0.05, 0) is 37.0 Å². The molecule has 7 heteroatoms. The third-order valence-corrected chi connectivity index (χ3v) is 7.85. The highest BCUT2D eigenvalue weighted by Gasteiger charge is 2.71. The quantitative estimate of drug-likeness (QED) is 0.491. The van der Waals surface area contributed by atoms with Gasteiger partial charge < -0.3 is 4.90 Å². The van der Waals surface area contributed by atoms with E-state index >= 15 is 0 Å². The van der Waals surface area contributed by atoms with Gasteiger partial charge in [-0.25, -0.2) is 0 Å². The standard InChI is InChI=1S/C27H29N3O3S/c1-17(2)15-29-21-12-8-7-11-19(21)27(26(29)33)23-22(20(28-27)13-14-34-3)24(31)30(25(23)32)16-18-9-5-4-6-10-18/h4-12,20,22-23,28H,1,13-16H2,2-3H3/t20-,22+,23+,27+/m1/s1. The number of hydrogen-bond acceptors (Lipinski definition) is 5. The second-order valence-corrected chi connectivity index (χ2v) is 10.4. The second kappa shape index (κ2) is 8.71. The Hall–Kier alpha value is -2.90. The monoisotopic (exact) mass is 475 g/mol. The molecule has 0 radical (unpaired) electrons. The van der Waals surface area contributed by atoms with Crippen LogP contribution in [-0.4, -0.2) is 47.2 Å². The molecule has 2 aromatic rings. The Morgan fingerprint density at radius 2 is 1.74 bits per heavy atom. The molecule has 3 aliphatic heterocycles. The number of amides is 3. The first-order chi connectivity index (χ1) is 16.4. The van der Waals surface area contributed by atoms with Gasteiger partial charge in [0, 0.05) is 23.8 Å². The van der Waals surface area contributed by atoms with Crippen LogP contribution < -0.4 is 10.2 Å². The zero-order chi connectivity index (χ0) is 24.0. The maximum absolute atomic E-state index is 14.1. The first-order valence-electron chi connectivity index (χ1n) is 11.6. The molecule has 176 valence electrons. The highest BCUT2D eigenvalue weighted by Crippen LogP contribution is 2.55. The lowest BCUT2D eigenvalue weighted by molar-refractivity contribution is -0.143. The van der Waals surface area contributed by atoms with Crippen LogP contribution in [0.2, 0.25) is 0 Å². The molecule has 3 heterocycles. The van der Waals surface area contributed by atoms with Crippen molar-refractivity contribution in [1.82, 2.24) is 10.2 Å². The topological polar surface area (TPSA) is 69.7 Å². The molecule has 5 rings (SSSR count). The van der Waals surface area contributed by atoms with Gasteiger partial charge in [0.1, 0.15) is 5.54 Å². The number of nitrogens with zero attached hydrogens (tertiary/aromatic N) is 2. The molecule has 1 spiro atoms. The van der Waals surface area contributed by atoms with Crippen LogP contribution in [0.5, 0.6) is 0 Å². The Morgan fingerprint density at radius 1 is 1.03 bits per heavy atom. The number of fused-ring (bicyclic) bond motifs is 4. The van der Waals surface area contributed by atoms with Crippen LogP contribution in [0.25, 0.3) is 0 Å². The first kappa shape index (κ1) is 22.9. The Morgan fingerprint density at radius 3 is 2.44 bits per heavy atom. The highest BCUT2D eigenvalue weighted by molar-refractivity contribution is 7.98. The smallest absolute Gasteiger partial charge is 0.253 e. The van der Waals surface area contributed by atoms with E-state index in [9.17, 15) is 14.4 Å². The van der Waals surface area contributed by atoms with Crippen LogP contribution >= 0.6 is 11.8 Å². The molecule has 2 fully saturated rings. The number of hydrogen-bond donors (Lipinski definition) is 1. The summed E-state index contributed by atoms with van der Waals surface area (Å²) in [5.74, 6) is -1.11. The van der Waals surface area contributed by atoms with Crippen LogP contribution in [0.4, 0.5) is 5.69 Å². The van der Waals surface area contributed by atoms with Gasteiger partial charge in [-0.1, -0.05) is 60.7 Å². The van der Waals surface area contributed by atoms with Crippen molar-refractivity contribution in [2.24, 2.45) is 11.8 Å². The average molecular weight is 476 g/mol. The van der Waals surface area contributed by atoms with Gasteiger partial charge in [0.25, 0.3) is 5.91 Å². The van der Waals surface area contributed by atoms with E-state index in [-0.39, 0.29) is 30.3 Å². The lowest BCUT2D eigenvalue weighted by atomic mass is 9.76. The number of thioether (sulfide) groups is 1. The van der Waals surface area contributed by atoms with E-state index in [1.807, 2.05) is 67.8 Å². The van der Waals surface area contributed by atoms with E-state index in [1.165, 1.54) is 4.90 Å². The van der Waals surface area contributed by atoms with Crippen LogP contribution in [0.1, 0.15) is 24.5 Å². The van der Waals surface area contributed by atoms with Gasteiger partial charge in [0.15, 0.2) is 0 Å². The predicted molar refractivity (Wildman–Crippen MR) is 134 cm³/mol. The largest absolute Gasteiger partial charge is 0.306 e. The summed E-state index contributed by atoms with van der Waals surface area (Å²) in [5, 5.41) is 3.56. The Labute approximate surface area is 204 Å². The van der Waals surface area contributed by atoms with E-state index in [2.05, 4.69) is 11.9 Å². The average Bonchev–Trinajstić information content (AvgIpc) is 3.39. The molecule has 0 unspecified atom stereocenters. The number of imide groups is 1. The van der Waals surface area contributed by atoms with Crippen LogP contribution in [-0.2, 0) is 26.5 Å². The highest BCUT2D eigenvalue weighted by atomic mass is 32.2. The lowest BCUT2D eigenvalue weighted by Gasteiger charge is -2.30. The number of para-hydroxylation sites is 1. The van der Waals surface area contributed by atoms with E-state index in [1.54, 1.807) is 16.7 Å². The van der Waals surface area contributed by atoms with Crippen molar-refractivity contribution >= 4 is 35.2 Å². The van der Waals surface area contributed by atoms with Gasteiger partial charge in [0.05, 0.1) is 18.4 Å². The van der Waals surface area contributed by atoms with Gasteiger partial charge in [-0.3, -0.25) is 24.6 Å². The minimum Gasteiger partial charge on any atom is -0.306 e. The summed E-state index contributed by atoms with van der Waals surface area (Å²) in [6.45, 7) is 6.49. The molecule has 1 N–H and O–H groups in total. The van der Waals surface area contributed by atoms with Gasteiger partial charge in [0.2, 0.25) is 11.8 Å². The molecule has 0 aromatic heterocycles. The number of nitrogens with one attached hydrogen (secondary N) is 1. The van der Waals surface area contributed by atoms with Crippen LogP contribution in [0.3, 0.4) is 0 Å². The SMILES string of the molecule is C=C(C)CN1C(=O)[C@]2(N[C@H](CCSC)[C@@H]3C(=O)N(Cc4ccccc4)C(=O)[C@H]32)c2ccccc21. The summed E-state index contributed by atoms with van der Waals surface area (Å²) in [5.41, 5.74) is 2.08. The third-order valence-electron chi connectivity index (χ3n) is 7.20. The second-order valence-electron chi connectivity index (χ2n) is 9.46. The number of likely N-dealkylation sites (tertiary alicyclic amines) is 1.